The van der Waals surface area contributed by atoms with E-state index in [4.69, 9.17) is 14.2 Å². The summed E-state index contributed by atoms with van der Waals surface area (Å²) in [7, 11) is 0. The molecule has 0 aromatic heterocycles. The number of allylic oxidation sites excluding steroid dienone is 1. The standard InChI is InChI=1S/C33H46O6/c1-18(2)8-7-9-19(3)22-10-11-23-29(22,5)17-24-33(39-24)30(6)13-12-21(37-20(4)34)16-31(30)14-15-32(23,33)26-25(31)27(35)38-28(26)36/h14-15,18-19,21-26H,7-13,16-17H2,1-6H3/t19-,21+,22-,23-,24-,25?,26?,29-,30+,31+,32-,33+/m1/s1. The Morgan fingerprint density at radius 3 is 2.49 bits per heavy atom. The molecule has 8 rings (SSSR count). The molecule has 6 aliphatic carbocycles. The Morgan fingerprint density at radius 2 is 1.77 bits per heavy atom. The summed E-state index contributed by atoms with van der Waals surface area (Å²) >= 11 is 0. The third-order valence-electron chi connectivity index (χ3n) is 13.6. The Hall–Kier alpha value is -1.69. The van der Waals surface area contributed by atoms with Gasteiger partial charge in [-0.3, -0.25) is 14.4 Å². The first-order chi connectivity index (χ1) is 18.4. The maximum atomic E-state index is 13.7. The van der Waals surface area contributed by atoms with E-state index < -0.39 is 28.3 Å². The highest BCUT2D eigenvalue weighted by Gasteiger charge is 2.94. The quantitative estimate of drug-likeness (QED) is 0.178. The van der Waals surface area contributed by atoms with Crippen molar-refractivity contribution in [3.63, 3.8) is 0 Å². The second kappa shape index (κ2) is 7.98. The van der Waals surface area contributed by atoms with Gasteiger partial charge in [-0.05, 0) is 67.6 Å². The zero-order valence-corrected chi connectivity index (χ0v) is 24.6. The second-order valence-electron chi connectivity index (χ2n) is 15.4. The minimum atomic E-state index is -0.605. The fraction of sp³-hybridized carbons (Fsp3) is 0.848. The molecule has 0 aromatic rings. The van der Waals surface area contributed by atoms with Crippen LogP contribution in [0, 0.1) is 57.2 Å². The van der Waals surface area contributed by atoms with Crippen LogP contribution < -0.4 is 0 Å². The van der Waals surface area contributed by atoms with Crippen molar-refractivity contribution in [1.29, 1.82) is 0 Å². The summed E-state index contributed by atoms with van der Waals surface area (Å²) in [6, 6.07) is 0. The molecule has 2 aliphatic heterocycles. The average Bonchev–Trinajstić information content (AvgIpc) is 3.34. The molecule has 12 atom stereocenters. The third kappa shape index (κ3) is 2.86. The number of rotatable bonds is 6. The molecule has 3 spiro atoms. The average molecular weight is 539 g/mol. The van der Waals surface area contributed by atoms with E-state index in [1.54, 1.807) is 0 Å². The largest absolute Gasteiger partial charge is 0.463 e. The smallest absolute Gasteiger partial charge is 0.318 e. The van der Waals surface area contributed by atoms with Crippen LogP contribution in [0.5, 0.6) is 0 Å². The first-order valence-corrected chi connectivity index (χ1v) is 15.7. The Balaban J connectivity index is 1.33. The van der Waals surface area contributed by atoms with Crippen molar-refractivity contribution >= 4 is 17.9 Å². The van der Waals surface area contributed by atoms with E-state index in [0.717, 1.165) is 31.6 Å². The molecule has 0 N–H and O–H groups in total. The number of hydrogen-bond donors (Lipinski definition) is 0. The van der Waals surface area contributed by atoms with E-state index in [1.807, 2.05) is 0 Å². The molecule has 4 saturated carbocycles. The fourth-order valence-corrected chi connectivity index (χ4v) is 12.3. The van der Waals surface area contributed by atoms with E-state index in [-0.39, 0.29) is 46.9 Å². The van der Waals surface area contributed by atoms with Crippen molar-refractivity contribution in [1.82, 2.24) is 0 Å². The molecule has 6 fully saturated rings. The molecule has 2 heterocycles. The van der Waals surface area contributed by atoms with Gasteiger partial charge in [-0.25, -0.2) is 0 Å². The number of hydrogen-bond acceptors (Lipinski definition) is 6. The lowest BCUT2D eigenvalue weighted by atomic mass is 9.27. The Bertz CT molecular complexity index is 1160. The summed E-state index contributed by atoms with van der Waals surface area (Å²) < 4.78 is 18.3. The van der Waals surface area contributed by atoms with Crippen molar-refractivity contribution in [3.05, 3.63) is 12.2 Å². The number of carbonyl (C=O) groups is 3. The minimum absolute atomic E-state index is 0.0609. The summed E-state index contributed by atoms with van der Waals surface area (Å²) in [5.41, 5.74) is -1.84. The summed E-state index contributed by atoms with van der Waals surface area (Å²) in [5, 5.41) is 0. The highest BCUT2D eigenvalue weighted by atomic mass is 16.6. The molecule has 2 bridgehead atoms. The topological polar surface area (TPSA) is 82.2 Å². The molecular weight excluding hydrogens is 492 g/mol. The molecule has 8 aliphatic rings. The Kier molecular flexibility index (Phi) is 5.37. The van der Waals surface area contributed by atoms with Gasteiger partial charge < -0.3 is 14.2 Å². The molecule has 39 heavy (non-hydrogen) atoms. The van der Waals surface area contributed by atoms with E-state index in [9.17, 15) is 14.4 Å². The monoisotopic (exact) mass is 538 g/mol. The maximum absolute atomic E-state index is 13.7. The van der Waals surface area contributed by atoms with Crippen LogP contribution in [0.1, 0.15) is 99.3 Å². The van der Waals surface area contributed by atoms with Crippen LogP contribution in [-0.4, -0.2) is 35.7 Å². The minimum Gasteiger partial charge on any atom is -0.463 e. The lowest BCUT2D eigenvalue weighted by molar-refractivity contribution is -0.239. The summed E-state index contributed by atoms with van der Waals surface area (Å²) in [4.78, 5) is 39.3. The molecule has 0 aromatic carbocycles. The highest BCUT2D eigenvalue weighted by Crippen LogP contribution is 2.88. The lowest BCUT2D eigenvalue weighted by Crippen LogP contribution is -2.77. The van der Waals surface area contributed by atoms with E-state index in [1.165, 1.54) is 32.6 Å². The molecule has 2 saturated heterocycles. The summed E-state index contributed by atoms with van der Waals surface area (Å²) in [5.74, 6) is 0.167. The molecule has 6 heteroatoms. The number of fused-ring (bicyclic) bond motifs is 1. The van der Waals surface area contributed by atoms with Crippen molar-refractivity contribution in [2.24, 2.45) is 57.2 Å². The molecular formula is C33H46O6. The summed E-state index contributed by atoms with van der Waals surface area (Å²) in [6.07, 6.45) is 13.7. The van der Waals surface area contributed by atoms with Gasteiger partial charge in [0.05, 0.1) is 17.9 Å². The normalized spacial score (nSPS) is 52.9. The highest BCUT2D eigenvalue weighted by molar-refractivity contribution is 5.99. The van der Waals surface area contributed by atoms with Crippen molar-refractivity contribution in [2.45, 2.75) is 117 Å². The predicted octanol–water partition coefficient (Wildman–Crippen LogP) is 6.02. The zero-order chi connectivity index (χ0) is 27.8. The van der Waals surface area contributed by atoms with Gasteiger partial charge in [0.2, 0.25) is 0 Å². The van der Waals surface area contributed by atoms with Gasteiger partial charge in [-0.2, -0.15) is 0 Å². The number of cyclic esters (lactones) is 2. The third-order valence-corrected chi connectivity index (χ3v) is 13.6. The van der Waals surface area contributed by atoms with Crippen molar-refractivity contribution < 1.29 is 28.6 Å². The molecule has 2 unspecified atom stereocenters. The van der Waals surface area contributed by atoms with Crippen molar-refractivity contribution in [3.8, 4) is 0 Å². The first-order valence-electron chi connectivity index (χ1n) is 15.7. The number of carbonyl (C=O) groups excluding carboxylic acids is 3. The van der Waals surface area contributed by atoms with Gasteiger partial charge >= 0.3 is 17.9 Å². The zero-order valence-electron chi connectivity index (χ0n) is 24.6. The second-order valence-corrected chi connectivity index (χ2v) is 15.4. The summed E-state index contributed by atoms with van der Waals surface area (Å²) in [6.45, 7) is 13.3. The number of epoxide rings is 1. The Labute approximate surface area is 233 Å². The van der Waals surface area contributed by atoms with Gasteiger partial charge in [0.15, 0.2) is 0 Å². The lowest BCUT2D eigenvalue weighted by Gasteiger charge is -2.73. The maximum Gasteiger partial charge on any atom is 0.318 e. The van der Waals surface area contributed by atoms with Crippen LogP contribution in [0.4, 0.5) is 0 Å². The van der Waals surface area contributed by atoms with E-state index in [0.29, 0.717) is 18.3 Å². The molecule has 6 nitrogen and oxygen atoms in total. The number of ether oxygens (including phenoxy) is 3. The predicted molar refractivity (Wildman–Crippen MR) is 144 cm³/mol. The first kappa shape index (κ1) is 26.2. The fourth-order valence-electron chi connectivity index (χ4n) is 12.3. The van der Waals surface area contributed by atoms with Gasteiger partial charge in [0, 0.05) is 23.2 Å². The van der Waals surface area contributed by atoms with Crippen LogP contribution in [0.2, 0.25) is 0 Å². The Morgan fingerprint density at radius 1 is 1.03 bits per heavy atom. The van der Waals surface area contributed by atoms with Gasteiger partial charge in [-0.1, -0.05) is 66.0 Å². The van der Waals surface area contributed by atoms with Gasteiger partial charge in [0.1, 0.15) is 11.7 Å². The molecule has 0 amide bonds. The van der Waals surface area contributed by atoms with Crippen LogP contribution in [0.3, 0.4) is 0 Å². The van der Waals surface area contributed by atoms with Crippen LogP contribution in [-0.2, 0) is 28.6 Å². The van der Waals surface area contributed by atoms with E-state index in [2.05, 4.69) is 46.8 Å². The van der Waals surface area contributed by atoms with Gasteiger partial charge in [-0.15, -0.1) is 0 Å². The van der Waals surface area contributed by atoms with Crippen LogP contribution >= 0.6 is 0 Å². The SMILES string of the molecule is CC(=O)O[C@H]1CC[C@]2(C)[C@@]34O[C@@H]3C[C@]3(C)[C@@H]([C@H](C)CCCC(C)C)CC[C@H]3[C@@]43C=C[C@]2(C1)C1C(=O)OC(=O)C13. The van der Waals surface area contributed by atoms with Crippen LogP contribution in [0.25, 0.3) is 0 Å². The van der Waals surface area contributed by atoms with E-state index >= 15 is 0 Å². The van der Waals surface area contributed by atoms with Gasteiger partial charge in [0.25, 0.3) is 0 Å². The van der Waals surface area contributed by atoms with Crippen molar-refractivity contribution in [2.75, 3.05) is 0 Å². The van der Waals surface area contributed by atoms with Crippen LogP contribution in [0.15, 0.2) is 12.2 Å². The molecule has 214 valence electrons. The number of esters is 3. The molecule has 0 radical (unpaired) electrons.